The van der Waals surface area contributed by atoms with E-state index in [2.05, 4.69) is 53.8 Å². The number of nitriles is 1. The number of amides is 1. The number of ether oxygens (including phenoxy) is 1. The van der Waals surface area contributed by atoms with Gasteiger partial charge in [-0.3, -0.25) is 4.79 Å². The summed E-state index contributed by atoms with van der Waals surface area (Å²) >= 11 is 0. The van der Waals surface area contributed by atoms with Gasteiger partial charge in [0.05, 0.1) is 24.2 Å². The van der Waals surface area contributed by atoms with Gasteiger partial charge in [-0.1, -0.05) is 37.3 Å². The van der Waals surface area contributed by atoms with Gasteiger partial charge in [-0.15, -0.1) is 0 Å². The van der Waals surface area contributed by atoms with Crippen molar-refractivity contribution in [2.24, 2.45) is 0 Å². The number of nitrogens with zero attached hydrogens (tertiary/aromatic N) is 6. The first-order valence-electron chi connectivity index (χ1n) is 15.4. The van der Waals surface area contributed by atoms with Crippen LogP contribution in [0.4, 0.5) is 5.82 Å². The molecule has 8 heteroatoms. The quantitative estimate of drug-likeness (QED) is 0.495. The maximum Gasteiger partial charge on any atom is 0.318 e. The summed E-state index contributed by atoms with van der Waals surface area (Å²) in [4.78, 5) is 29.1. The molecule has 8 nitrogen and oxygen atoms in total. The Hall–Kier alpha value is -3.44. The zero-order chi connectivity index (χ0) is 28.4. The molecular formula is C33H42N6O2. The number of likely N-dealkylation sites (tertiary alicyclic amines) is 1. The van der Waals surface area contributed by atoms with Crippen molar-refractivity contribution in [3.05, 3.63) is 59.3 Å². The van der Waals surface area contributed by atoms with E-state index in [1.807, 2.05) is 0 Å². The highest BCUT2D eigenvalue weighted by atomic mass is 16.5. The van der Waals surface area contributed by atoms with E-state index >= 15 is 0 Å². The Morgan fingerprint density at radius 2 is 2.02 bits per heavy atom. The van der Waals surface area contributed by atoms with Gasteiger partial charge >= 0.3 is 6.01 Å². The van der Waals surface area contributed by atoms with E-state index in [0.29, 0.717) is 38.3 Å². The zero-order valence-corrected chi connectivity index (χ0v) is 24.4. The molecule has 41 heavy (non-hydrogen) atoms. The summed E-state index contributed by atoms with van der Waals surface area (Å²) in [5, 5.41) is 9.54. The molecule has 1 spiro atoms. The highest BCUT2D eigenvalue weighted by Gasteiger charge is 2.42. The van der Waals surface area contributed by atoms with E-state index in [4.69, 9.17) is 14.7 Å². The number of piperazine rings is 1. The van der Waals surface area contributed by atoms with Crippen LogP contribution in [0.2, 0.25) is 0 Å². The minimum Gasteiger partial charge on any atom is -0.462 e. The van der Waals surface area contributed by atoms with Gasteiger partial charge in [0.1, 0.15) is 12.4 Å². The van der Waals surface area contributed by atoms with Crippen molar-refractivity contribution in [3.63, 3.8) is 0 Å². The van der Waals surface area contributed by atoms with Gasteiger partial charge in [0.2, 0.25) is 5.91 Å². The smallest absolute Gasteiger partial charge is 0.318 e. The molecule has 2 saturated heterocycles. The summed E-state index contributed by atoms with van der Waals surface area (Å²) in [6, 6.07) is 11.9. The Morgan fingerprint density at radius 1 is 1.15 bits per heavy atom. The van der Waals surface area contributed by atoms with E-state index in [9.17, 15) is 10.1 Å². The zero-order valence-electron chi connectivity index (χ0n) is 24.4. The van der Waals surface area contributed by atoms with Crippen molar-refractivity contribution in [3.8, 4) is 12.1 Å². The standard InChI is InChI=1S/C33H42N6O2/c1-3-30(40)39-20-19-38(22-25(39)14-17-34)31-27-13-16-33(15-8-10-24-9-4-5-12-28(24)33)21-29(27)35-32(36-31)41-23-26-11-6-7-18-37(26)2/h3-5,9,12,25-26H,1,6-8,10-11,13-16,18-23H2,2H3. The van der Waals surface area contributed by atoms with Crippen LogP contribution in [0.1, 0.15) is 67.3 Å². The number of piperidine rings is 1. The largest absolute Gasteiger partial charge is 0.462 e. The topological polar surface area (TPSA) is 85.6 Å². The summed E-state index contributed by atoms with van der Waals surface area (Å²) in [6.07, 6.45) is 11.6. The van der Waals surface area contributed by atoms with Crippen LogP contribution in [0.15, 0.2) is 36.9 Å². The van der Waals surface area contributed by atoms with E-state index < -0.39 is 0 Å². The van der Waals surface area contributed by atoms with Crippen LogP contribution in [-0.4, -0.2) is 77.6 Å². The van der Waals surface area contributed by atoms with Crippen LogP contribution in [0.3, 0.4) is 0 Å². The number of fused-ring (bicyclic) bond motifs is 3. The number of hydrogen-bond acceptors (Lipinski definition) is 7. The Bertz CT molecular complexity index is 1340. The molecular weight excluding hydrogens is 512 g/mol. The predicted octanol–water partition coefficient (Wildman–Crippen LogP) is 4.22. The summed E-state index contributed by atoms with van der Waals surface area (Å²) in [5.41, 5.74) is 5.39. The molecule has 2 aliphatic heterocycles. The van der Waals surface area contributed by atoms with E-state index in [0.717, 1.165) is 50.2 Å². The Morgan fingerprint density at radius 3 is 2.85 bits per heavy atom. The van der Waals surface area contributed by atoms with E-state index in [1.165, 1.54) is 48.4 Å². The second-order valence-corrected chi connectivity index (χ2v) is 12.4. The molecule has 1 aromatic heterocycles. The number of rotatable bonds is 6. The van der Waals surface area contributed by atoms with Crippen molar-refractivity contribution < 1.29 is 9.53 Å². The minimum absolute atomic E-state index is 0.104. The molecule has 0 N–H and O–H groups in total. The first-order valence-corrected chi connectivity index (χ1v) is 15.4. The Balaban J connectivity index is 1.34. The Labute approximate surface area is 244 Å². The van der Waals surface area contributed by atoms with Crippen LogP contribution in [-0.2, 0) is 29.5 Å². The second kappa shape index (κ2) is 11.8. The third kappa shape index (κ3) is 5.44. The number of benzene rings is 1. The second-order valence-electron chi connectivity index (χ2n) is 12.4. The molecule has 0 bridgehead atoms. The first kappa shape index (κ1) is 27.7. The number of hydrogen-bond donors (Lipinski definition) is 0. The number of aryl methyl sites for hydroxylation is 1. The lowest BCUT2D eigenvalue weighted by atomic mass is 9.62. The maximum atomic E-state index is 12.5. The van der Waals surface area contributed by atoms with Gasteiger partial charge in [-0.2, -0.15) is 15.2 Å². The lowest BCUT2D eigenvalue weighted by molar-refractivity contribution is -0.128. The summed E-state index contributed by atoms with van der Waals surface area (Å²) in [5.74, 6) is 0.808. The van der Waals surface area contributed by atoms with Gasteiger partial charge < -0.3 is 19.4 Å². The SMILES string of the molecule is C=CC(=O)N1CCN(c2nc(OCC3CCCCN3C)nc3c2CCC2(CCCc4ccccc42)C3)CC1CC#N. The van der Waals surface area contributed by atoms with Crippen molar-refractivity contribution in [1.82, 2.24) is 19.8 Å². The molecule has 3 unspecified atom stereocenters. The lowest BCUT2D eigenvalue weighted by Crippen LogP contribution is -2.55. The van der Waals surface area contributed by atoms with Crippen LogP contribution in [0.5, 0.6) is 6.01 Å². The molecule has 2 aliphatic carbocycles. The van der Waals surface area contributed by atoms with Crippen molar-refractivity contribution in [2.45, 2.75) is 81.7 Å². The van der Waals surface area contributed by atoms with Crippen molar-refractivity contribution >= 4 is 11.7 Å². The van der Waals surface area contributed by atoms with E-state index in [-0.39, 0.29) is 23.8 Å². The number of aromatic nitrogens is 2. The molecule has 4 aliphatic rings. The molecule has 2 fully saturated rings. The molecule has 0 radical (unpaired) electrons. The van der Waals surface area contributed by atoms with Gasteiger partial charge in [0.15, 0.2) is 0 Å². The fraction of sp³-hybridized carbons (Fsp3) is 0.576. The van der Waals surface area contributed by atoms with Gasteiger partial charge in [-0.25, -0.2) is 0 Å². The fourth-order valence-corrected chi connectivity index (χ4v) is 7.71. The van der Waals surface area contributed by atoms with Crippen molar-refractivity contribution in [1.29, 1.82) is 5.26 Å². The van der Waals surface area contributed by atoms with E-state index in [1.54, 1.807) is 4.90 Å². The van der Waals surface area contributed by atoms with Crippen LogP contribution >= 0.6 is 0 Å². The molecule has 6 rings (SSSR count). The van der Waals surface area contributed by atoms with Crippen molar-refractivity contribution in [2.75, 3.05) is 44.7 Å². The highest BCUT2D eigenvalue weighted by Crippen LogP contribution is 2.47. The van der Waals surface area contributed by atoms with Gasteiger partial charge in [0.25, 0.3) is 0 Å². The number of anilines is 1. The molecule has 3 atom stereocenters. The first-order chi connectivity index (χ1) is 20.0. The minimum atomic E-state index is -0.203. The molecule has 0 saturated carbocycles. The van der Waals surface area contributed by atoms with Crippen LogP contribution in [0, 0.1) is 11.3 Å². The average molecular weight is 555 g/mol. The summed E-state index contributed by atoms with van der Waals surface area (Å²) < 4.78 is 6.39. The predicted molar refractivity (Wildman–Crippen MR) is 159 cm³/mol. The average Bonchev–Trinajstić information content (AvgIpc) is 3.00. The number of likely N-dealkylation sites (N-methyl/N-ethyl adjacent to an activating group) is 1. The third-order valence-corrected chi connectivity index (χ3v) is 9.99. The molecule has 1 aromatic carbocycles. The summed E-state index contributed by atoms with van der Waals surface area (Å²) in [7, 11) is 2.18. The maximum absolute atomic E-state index is 12.5. The molecule has 1 amide bonds. The summed E-state index contributed by atoms with van der Waals surface area (Å²) in [6.45, 7) is 7.11. The monoisotopic (exact) mass is 554 g/mol. The normalized spacial score (nSPS) is 26.1. The Kier molecular flexibility index (Phi) is 7.99. The molecule has 3 heterocycles. The van der Waals surface area contributed by atoms with Gasteiger partial charge in [-0.05, 0) is 82.2 Å². The van der Waals surface area contributed by atoms with Gasteiger partial charge in [0, 0.05) is 36.7 Å². The molecule has 216 valence electrons. The fourth-order valence-electron chi connectivity index (χ4n) is 7.71. The third-order valence-electron chi connectivity index (χ3n) is 9.99. The highest BCUT2D eigenvalue weighted by molar-refractivity contribution is 5.87. The number of carbonyl (C=O) groups is 1. The molecule has 2 aromatic rings. The van der Waals surface area contributed by atoms with Crippen LogP contribution < -0.4 is 9.64 Å². The number of carbonyl (C=O) groups excluding carboxylic acids is 1. The van der Waals surface area contributed by atoms with Crippen LogP contribution in [0.25, 0.3) is 0 Å². The lowest BCUT2D eigenvalue weighted by Gasteiger charge is -2.44.